The molecule has 2 aliphatic carbocycles. The standard InChI is InChI=1S/C44H44ClFN4O9.C26H26ClN3O8.C18H20FNO2/c1-25(26-7-9-27(10-8-26)31-17-18-47-35-14-11-28(46)22-33(31)35)41(53)48-29-12-13-34(45)38(23-29)58-21-20-57-19-3-4-30(51)24-59-37-6-2-5-32-40(37)44(56)50(43(32)55)36-15-16-39(52)49-42(36)54;27-18-7-6-15(28)13-21(18)37-12-11-36-10-2-3-16(31)14-38-20-5-1-4-17-23(20)26(35)30(25(17)34)19-8-9-22(32)29-24(19)33;1-11(18(21)22)12-2-4-13(5-3-12)15-8-9-20-17-7-6-14(19)10-16(15)17/h2,5-6,11-14,17-18,22-23,25-27,36H,3-4,7-10,15-16,19-21,24H2,1H3,(H,48,53)(H,49,52,54);1,4-7,13,19H,2-3,8-12,14,28H2,(H,29,32,33);6-13H,2-5H2,1H3,(H,21,22)/t25-,26?,27?,36?;;11-,12?,13?/m1.1/s1. The van der Waals surface area contributed by atoms with Gasteiger partial charge in [-0.1, -0.05) is 49.2 Å². The van der Waals surface area contributed by atoms with Crippen LogP contribution in [0.5, 0.6) is 23.0 Å². The van der Waals surface area contributed by atoms with Gasteiger partial charge in [-0.15, -0.1) is 0 Å². The van der Waals surface area contributed by atoms with Gasteiger partial charge in [0, 0.05) is 91.5 Å². The molecule has 2 saturated heterocycles. The summed E-state index contributed by atoms with van der Waals surface area (Å²) >= 11 is 12.4. The first kappa shape index (κ1) is 86.7. The second-order valence-corrected chi connectivity index (χ2v) is 30.9. The number of nitrogens with two attached hydrogens (primary N) is 1. The van der Waals surface area contributed by atoms with E-state index >= 15 is 0 Å². The molecule has 624 valence electrons. The second kappa shape index (κ2) is 40.2. The van der Waals surface area contributed by atoms with E-state index in [0.717, 1.165) is 94.1 Å². The van der Waals surface area contributed by atoms with Crippen molar-refractivity contribution in [3.8, 4) is 23.0 Å². The number of aliphatic carboxylic acids is 1. The van der Waals surface area contributed by atoms with Crippen LogP contribution < -0.4 is 40.6 Å². The van der Waals surface area contributed by atoms with Crippen LogP contribution in [0.15, 0.2) is 134 Å². The van der Waals surface area contributed by atoms with Crippen LogP contribution in [0, 0.1) is 35.3 Å². The van der Waals surface area contributed by atoms with Crippen molar-refractivity contribution in [2.24, 2.45) is 23.7 Å². The molecule has 6 aromatic carbocycles. The van der Waals surface area contributed by atoms with Crippen molar-refractivity contribution in [3.05, 3.63) is 189 Å². The van der Waals surface area contributed by atoms with E-state index in [9.17, 15) is 66.3 Å². The average Bonchev–Trinajstić information content (AvgIpc) is 1.61. The molecule has 0 radical (unpaired) electrons. The van der Waals surface area contributed by atoms with Crippen LogP contribution in [-0.4, -0.2) is 161 Å². The van der Waals surface area contributed by atoms with Gasteiger partial charge in [0.05, 0.1) is 62.5 Å². The molecule has 4 fully saturated rings. The molecule has 2 saturated carbocycles. The number of carbonyl (C=O) groups is 12. The number of benzene rings is 6. The van der Waals surface area contributed by atoms with Crippen LogP contribution in [0.3, 0.4) is 0 Å². The number of piperidine rings is 2. The quantitative estimate of drug-likeness (QED) is 0.0153. The number of carbonyl (C=O) groups excluding carboxylic acids is 11. The third-order valence-corrected chi connectivity index (χ3v) is 23.0. The Hall–Kier alpha value is -11.7. The molecular weight excluding hydrogens is 1580 g/mol. The topological polar surface area (TPSA) is 375 Å². The van der Waals surface area contributed by atoms with Gasteiger partial charge < -0.3 is 44.6 Å². The summed E-state index contributed by atoms with van der Waals surface area (Å²) < 4.78 is 61.3. The molecule has 27 nitrogen and oxygen atoms in total. The zero-order valence-corrected chi connectivity index (χ0v) is 67.0. The number of hydrogen-bond acceptors (Lipinski definition) is 21. The summed E-state index contributed by atoms with van der Waals surface area (Å²) in [7, 11) is 0. The molecule has 6 heterocycles. The first-order chi connectivity index (χ1) is 57.3. The maximum absolute atomic E-state index is 14.0. The van der Waals surface area contributed by atoms with Crippen LogP contribution in [0.1, 0.15) is 181 Å². The Morgan fingerprint density at radius 3 is 1.41 bits per heavy atom. The number of amides is 9. The van der Waals surface area contributed by atoms with Gasteiger partial charge in [-0.3, -0.25) is 87.9 Å². The van der Waals surface area contributed by atoms with Crippen molar-refractivity contribution in [1.82, 2.24) is 30.4 Å². The smallest absolute Gasteiger partial charge is 0.306 e. The molecule has 119 heavy (non-hydrogen) atoms. The lowest BCUT2D eigenvalue weighted by Crippen LogP contribution is -2.54. The minimum Gasteiger partial charge on any atom is -0.490 e. The summed E-state index contributed by atoms with van der Waals surface area (Å²) in [5.41, 5.74) is 10.8. The summed E-state index contributed by atoms with van der Waals surface area (Å²) in [4.78, 5) is 160. The summed E-state index contributed by atoms with van der Waals surface area (Å²) in [6, 6.07) is 30.1. The van der Waals surface area contributed by atoms with E-state index in [0.29, 0.717) is 64.9 Å². The number of rotatable bonds is 31. The number of Topliss-reactive ketones (excluding diaryl/α,β-unsaturated/α-hetero) is 2. The maximum Gasteiger partial charge on any atom is 0.306 e. The summed E-state index contributed by atoms with van der Waals surface area (Å²) in [6.45, 7) is 4.67. The lowest BCUT2D eigenvalue weighted by Gasteiger charge is -2.32. The number of fused-ring (bicyclic) bond motifs is 4. The van der Waals surface area contributed by atoms with E-state index in [4.69, 9.17) is 62.5 Å². The molecule has 2 aromatic heterocycles. The zero-order chi connectivity index (χ0) is 84.6. The van der Waals surface area contributed by atoms with Crippen molar-refractivity contribution < 1.29 is 99.8 Å². The fourth-order valence-electron chi connectivity index (χ4n) is 15.9. The van der Waals surface area contributed by atoms with E-state index in [2.05, 4.69) is 25.9 Å². The van der Waals surface area contributed by atoms with Gasteiger partial charge in [-0.25, -0.2) is 8.78 Å². The Morgan fingerprint density at radius 2 is 0.958 bits per heavy atom. The van der Waals surface area contributed by atoms with Gasteiger partial charge in [-0.2, -0.15) is 0 Å². The normalized spacial score (nSPS) is 19.4. The number of carboxylic acid groups (broad SMARTS) is 1. The number of pyridine rings is 2. The number of anilines is 2. The van der Waals surface area contributed by atoms with Gasteiger partial charge in [-0.05, 0) is 209 Å². The van der Waals surface area contributed by atoms with E-state index in [-0.39, 0.29) is 171 Å². The SMILES string of the molecule is C[C@@H](C(=O)Nc1ccc(Cl)c(OCCOCCCC(=O)COc2cccc3c2C(=O)N(C2CCC(=O)NC2=O)C3=O)c1)C1CCC(c2ccnc3ccc(F)cc23)CC1.C[C@@H](C(=O)O)C1CCC(c2ccnc3ccc(F)cc23)CC1.Nc1ccc(Cl)c(OCCOCCCC(=O)COc2cccc3c2C(=O)N(C2CCC(=O)NC2=O)C3=O)c1. The number of ether oxygens (including phenoxy) is 6. The molecule has 0 bridgehead atoms. The van der Waals surface area contributed by atoms with Gasteiger partial charge in [0.2, 0.25) is 29.5 Å². The Bertz CT molecular complexity index is 5210. The Labute approximate surface area is 693 Å². The van der Waals surface area contributed by atoms with Crippen molar-refractivity contribution in [2.75, 3.05) is 63.9 Å². The Kier molecular flexibility index (Phi) is 29.3. The third kappa shape index (κ3) is 21.4. The minimum absolute atomic E-state index is 0.00129. The van der Waals surface area contributed by atoms with E-state index in [1.807, 2.05) is 19.1 Å². The highest BCUT2D eigenvalue weighted by atomic mass is 35.5. The molecule has 4 atom stereocenters. The van der Waals surface area contributed by atoms with Crippen LogP contribution >= 0.6 is 23.2 Å². The van der Waals surface area contributed by atoms with Crippen molar-refractivity contribution in [1.29, 1.82) is 0 Å². The first-order valence-electron chi connectivity index (χ1n) is 39.7. The third-order valence-electron chi connectivity index (χ3n) is 22.4. The highest BCUT2D eigenvalue weighted by molar-refractivity contribution is 6.32. The predicted octanol–water partition coefficient (Wildman–Crippen LogP) is 13.3. The highest BCUT2D eigenvalue weighted by Gasteiger charge is 2.48. The number of ketones is 2. The molecule has 4 aliphatic heterocycles. The number of nitrogens with zero attached hydrogens (tertiary/aromatic N) is 4. The minimum atomic E-state index is -1.11. The Balaban J connectivity index is 0.000000184. The molecule has 6 N–H and O–H groups in total. The van der Waals surface area contributed by atoms with Crippen molar-refractivity contribution >= 4 is 127 Å². The number of carboxylic acids is 1. The first-order valence-corrected chi connectivity index (χ1v) is 40.4. The fraction of sp³-hybridized carbons (Fsp3) is 0.386. The number of aromatic nitrogens is 2. The molecular formula is C88H90Cl2F2N8O19. The number of hydrogen-bond donors (Lipinski definition) is 5. The van der Waals surface area contributed by atoms with Crippen molar-refractivity contribution in [3.63, 3.8) is 0 Å². The lowest BCUT2D eigenvalue weighted by molar-refractivity contribution is -0.143. The molecule has 8 aromatic rings. The predicted molar refractivity (Wildman–Crippen MR) is 433 cm³/mol. The molecule has 31 heteroatoms. The lowest BCUT2D eigenvalue weighted by atomic mass is 9.73. The average molecular weight is 1670 g/mol. The van der Waals surface area contributed by atoms with E-state index < -0.39 is 65.3 Å². The Morgan fingerprint density at radius 1 is 0.513 bits per heavy atom. The largest absolute Gasteiger partial charge is 0.490 e. The summed E-state index contributed by atoms with van der Waals surface area (Å²) in [6.07, 6.45) is 12.2. The van der Waals surface area contributed by atoms with E-state index in [1.54, 1.807) is 80.0 Å². The zero-order valence-electron chi connectivity index (χ0n) is 65.5. The van der Waals surface area contributed by atoms with Crippen molar-refractivity contribution in [2.45, 2.75) is 141 Å². The number of halogens is 4. The van der Waals surface area contributed by atoms with Gasteiger partial charge in [0.1, 0.15) is 73.1 Å². The van der Waals surface area contributed by atoms with Gasteiger partial charge in [0.15, 0.2) is 11.6 Å². The summed E-state index contributed by atoms with van der Waals surface area (Å²) in [5, 5.41) is 19.0. The molecule has 6 aliphatic rings. The molecule has 2 unspecified atom stereocenters. The number of nitrogen functional groups attached to an aromatic ring is 1. The molecule has 14 rings (SSSR count). The van der Waals surface area contributed by atoms with Crippen LogP contribution in [0.25, 0.3) is 21.8 Å². The van der Waals surface area contributed by atoms with Gasteiger partial charge in [0.25, 0.3) is 23.6 Å². The van der Waals surface area contributed by atoms with Crippen LogP contribution in [-0.2, 0) is 47.8 Å². The molecule has 9 amide bonds. The highest BCUT2D eigenvalue weighted by Crippen LogP contribution is 2.44. The molecule has 0 spiro atoms. The van der Waals surface area contributed by atoms with E-state index in [1.165, 1.54) is 48.5 Å². The monoisotopic (exact) mass is 1670 g/mol. The number of imide groups is 4. The maximum atomic E-state index is 14.0. The second-order valence-electron chi connectivity index (χ2n) is 30.1. The fourth-order valence-corrected chi connectivity index (χ4v) is 16.2. The number of nitrogens with one attached hydrogen (secondary N) is 3. The van der Waals surface area contributed by atoms with Crippen LogP contribution in [0.2, 0.25) is 10.0 Å². The van der Waals surface area contributed by atoms with Gasteiger partial charge >= 0.3 is 5.97 Å². The van der Waals surface area contributed by atoms with Crippen LogP contribution in [0.4, 0.5) is 20.2 Å². The summed E-state index contributed by atoms with van der Waals surface area (Å²) in [5.74, 6) is -5.22.